The molecule has 136 valence electrons. The normalized spacial score (nSPS) is 12.2. The number of carbonyl (C=O) groups is 2. The van der Waals surface area contributed by atoms with E-state index in [1.54, 1.807) is 0 Å². The smallest absolute Gasteiger partial charge is 0.309 e. The van der Waals surface area contributed by atoms with Gasteiger partial charge in [0.1, 0.15) is 5.78 Å². The highest BCUT2D eigenvalue weighted by atomic mass is 33.1. The van der Waals surface area contributed by atoms with Crippen LogP contribution in [0.2, 0.25) is 0 Å². The summed E-state index contributed by atoms with van der Waals surface area (Å²) in [7, 11) is 3.98. The minimum atomic E-state index is -0.543. The fourth-order valence-corrected chi connectivity index (χ4v) is 3.50. The summed E-state index contributed by atoms with van der Waals surface area (Å²) >= 11 is 0. The molecule has 1 aliphatic rings. The summed E-state index contributed by atoms with van der Waals surface area (Å²) in [6.45, 7) is 7.20. The van der Waals surface area contributed by atoms with E-state index >= 15 is 0 Å². The molecule has 1 heterocycles. The lowest BCUT2D eigenvalue weighted by atomic mass is 10.2. The van der Waals surface area contributed by atoms with Gasteiger partial charge in [-0.3, -0.25) is 4.79 Å². The zero-order chi connectivity index (χ0) is 17.9. The molecule has 1 saturated heterocycles. The molecule has 0 saturated carbocycles. The molecule has 6 nitrogen and oxygen atoms in total. The Bertz CT molecular complexity index is 315. The molecule has 0 aliphatic carbocycles. The molecule has 23 heavy (non-hydrogen) atoms. The van der Waals surface area contributed by atoms with Gasteiger partial charge in [0.2, 0.25) is 11.5 Å². The molecule has 0 unspecified atom stereocenters. The third-order valence-corrected chi connectivity index (χ3v) is 4.91. The third kappa shape index (κ3) is 21.2. The predicted molar refractivity (Wildman–Crippen MR) is 96.2 cm³/mol. The van der Waals surface area contributed by atoms with Gasteiger partial charge in [-0.05, 0) is 19.8 Å². The molecule has 0 aromatic carbocycles. The molecule has 0 atom stereocenters. The fourth-order valence-electron chi connectivity index (χ4n) is 1.15. The van der Waals surface area contributed by atoms with Crippen molar-refractivity contribution in [2.24, 2.45) is 0 Å². The Hall–Kier alpha value is -0.760. The Kier molecular flexibility index (Phi) is 20.5. The zero-order valence-corrected chi connectivity index (χ0v) is 16.3. The van der Waals surface area contributed by atoms with E-state index in [9.17, 15) is 14.5 Å². The second-order valence-corrected chi connectivity index (χ2v) is 7.07. The first-order valence-electron chi connectivity index (χ1n) is 8.03. The topological polar surface area (TPSA) is 72.7 Å². The van der Waals surface area contributed by atoms with Crippen LogP contribution in [0.4, 0.5) is 0 Å². The van der Waals surface area contributed by atoms with Crippen LogP contribution >= 0.6 is 21.6 Å². The zero-order valence-electron chi connectivity index (χ0n) is 14.7. The molecule has 0 aromatic heterocycles. The van der Waals surface area contributed by atoms with E-state index in [0.717, 1.165) is 12.8 Å². The fraction of sp³-hybridized carbons (Fsp3) is 0.867. The number of esters is 1. The van der Waals surface area contributed by atoms with Crippen LogP contribution in [0, 0.1) is 4.91 Å². The lowest BCUT2D eigenvalue weighted by Crippen LogP contribution is -2.16. The van der Waals surface area contributed by atoms with Crippen molar-refractivity contribution in [1.29, 1.82) is 0 Å². The number of unbranched alkanes of at least 4 members (excludes halogenated alkanes) is 1. The van der Waals surface area contributed by atoms with Gasteiger partial charge in [0.15, 0.2) is 0 Å². The molecule has 0 spiro atoms. The third-order valence-electron chi connectivity index (χ3n) is 2.33. The number of rotatable bonds is 9. The second-order valence-electron chi connectivity index (χ2n) is 4.37. The number of carbonyl (C=O) groups excluding carboxylic acids is 2. The Morgan fingerprint density at radius 3 is 2.17 bits per heavy atom. The number of hydrogen-bond acceptors (Lipinski definition) is 7. The second kappa shape index (κ2) is 19.3. The summed E-state index contributed by atoms with van der Waals surface area (Å²) in [6, 6.07) is 0. The average Bonchev–Trinajstić information content (AvgIpc) is 3.12. The Morgan fingerprint density at radius 2 is 1.74 bits per heavy atom. The van der Waals surface area contributed by atoms with Crippen LogP contribution < -0.4 is 0 Å². The molecule has 1 fully saturated rings. The first-order valence-corrected chi connectivity index (χ1v) is 10.5. The van der Waals surface area contributed by atoms with Gasteiger partial charge in [-0.2, -0.15) is 4.84 Å². The van der Waals surface area contributed by atoms with Gasteiger partial charge in [0.05, 0.1) is 11.3 Å². The first-order chi connectivity index (χ1) is 11.1. The van der Waals surface area contributed by atoms with E-state index in [0.29, 0.717) is 4.92 Å². The maximum absolute atomic E-state index is 11.0. The van der Waals surface area contributed by atoms with Crippen LogP contribution in [0.15, 0.2) is 0 Å². The number of nitrogens with zero attached hydrogens (tertiary/aromatic N) is 1. The summed E-state index contributed by atoms with van der Waals surface area (Å²) in [5.41, 5.74) is 0. The van der Waals surface area contributed by atoms with E-state index < -0.39 is 12.8 Å². The molecular weight excluding hydrogens is 338 g/mol. The first kappa shape index (κ1) is 24.5. The van der Waals surface area contributed by atoms with Gasteiger partial charge in [0, 0.05) is 24.3 Å². The van der Waals surface area contributed by atoms with Gasteiger partial charge in [-0.15, -0.1) is 0 Å². The lowest BCUT2D eigenvalue weighted by molar-refractivity contribution is -0.810. The molecule has 1 rings (SSSR count). The van der Waals surface area contributed by atoms with Crippen LogP contribution in [0.3, 0.4) is 0 Å². The molecule has 0 bridgehead atoms. The van der Waals surface area contributed by atoms with E-state index in [4.69, 9.17) is 0 Å². The average molecular weight is 369 g/mol. The Balaban J connectivity index is 0. The van der Waals surface area contributed by atoms with E-state index in [1.807, 2.05) is 42.4 Å². The largest absolute Gasteiger partial charge is 0.421 e. The lowest BCUT2D eigenvalue weighted by Gasteiger charge is -1.99. The standard InChI is InChI=1S/C10H18NO5.C3H6S2.C2H6/c1-3-4-7-11(14)16-8-15-10(13)6-5-9(2)12;1-2-4-5-3-1;1-2/h3-8H2,1-2H3;1-3H2;1-2H3/q+1;;. The minimum absolute atomic E-state index is 0.0203. The van der Waals surface area contributed by atoms with E-state index in [1.165, 1.54) is 24.9 Å². The number of hydrogen-bond donors (Lipinski definition) is 0. The van der Waals surface area contributed by atoms with E-state index in [2.05, 4.69) is 9.57 Å². The van der Waals surface area contributed by atoms with Crippen molar-refractivity contribution in [3.8, 4) is 0 Å². The van der Waals surface area contributed by atoms with Crippen LogP contribution in [0.5, 0.6) is 0 Å². The predicted octanol–water partition coefficient (Wildman–Crippen LogP) is 4.16. The summed E-state index contributed by atoms with van der Waals surface area (Å²) in [6.07, 6.45) is 3.21. The molecular formula is C15H30NO5S2+. The maximum atomic E-state index is 11.0. The van der Waals surface area contributed by atoms with Crippen molar-refractivity contribution in [3.63, 3.8) is 0 Å². The van der Waals surface area contributed by atoms with Gasteiger partial charge >= 0.3 is 12.8 Å². The monoisotopic (exact) mass is 368 g/mol. The van der Waals surface area contributed by atoms with Crippen LogP contribution in [-0.2, 0) is 19.2 Å². The van der Waals surface area contributed by atoms with Crippen molar-refractivity contribution in [2.75, 3.05) is 24.8 Å². The Morgan fingerprint density at radius 1 is 1.13 bits per heavy atom. The minimum Gasteiger partial charge on any atom is -0.421 e. The molecule has 0 amide bonds. The quantitative estimate of drug-likeness (QED) is 0.262. The number of Topliss-reactive ketones (excluding diaryl/α,β-unsaturated/α-hetero) is 1. The van der Waals surface area contributed by atoms with Crippen molar-refractivity contribution in [2.45, 2.75) is 59.8 Å². The molecule has 0 N–H and O–H groups in total. The van der Waals surface area contributed by atoms with Gasteiger partial charge in [-0.1, -0.05) is 42.4 Å². The summed E-state index contributed by atoms with van der Waals surface area (Å²) in [5, 5.41) is 0. The highest BCUT2D eigenvalue weighted by Gasteiger charge is 2.11. The van der Waals surface area contributed by atoms with Gasteiger partial charge in [0.25, 0.3) is 0 Å². The molecule has 0 radical (unpaired) electrons. The Labute approximate surface area is 147 Å². The van der Waals surface area contributed by atoms with Gasteiger partial charge in [-0.25, -0.2) is 0 Å². The maximum Gasteiger partial charge on any atom is 0.309 e. The van der Waals surface area contributed by atoms with Crippen molar-refractivity contribution >= 4 is 33.3 Å². The molecule has 8 heteroatoms. The van der Waals surface area contributed by atoms with Gasteiger partial charge < -0.3 is 9.53 Å². The number of ether oxygens (including phenoxy) is 1. The molecule has 1 aliphatic heterocycles. The summed E-state index contributed by atoms with van der Waals surface area (Å²) in [4.78, 5) is 37.4. The number of ketones is 1. The van der Waals surface area contributed by atoms with Crippen LogP contribution in [0.1, 0.15) is 59.8 Å². The van der Waals surface area contributed by atoms with E-state index in [-0.39, 0.29) is 25.2 Å². The van der Waals surface area contributed by atoms with Crippen molar-refractivity contribution < 1.29 is 24.1 Å². The van der Waals surface area contributed by atoms with Crippen molar-refractivity contribution in [3.05, 3.63) is 4.91 Å². The summed E-state index contributed by atoms with van der Waals surface area (Å²) in [5.74, 6) is 2.14. The highest BCUT2D eigenvalue weighted by Crippen LogP contribution is 2.29. The highest BCUT2D eigenvalue weighted by molar-refractivity contribution is 8.77. The van der Waals surface area contributed by atoms with Crippen LogP contribution in [0.25, 0.3) is 0 Å². The van der Waals surface area contributed by atoms with Crippen LogP contribution in [-0.4, -0.2) is 41.5 Å². The van der Waals surface area contributed by atoms with Crippen molar-refractivity contribution in [1.82, 2.24) is 0 Å². The SMILES string of the molecule is C1CSSC1.CC.CCCC[N+](=O)OCOC(=O)CCC(C)=O. The molecule has 0 aromatic rings. The summed E-state index contributed by atoms with van der Waals surface area (Å²) < 4.78 is 4.59.